The predicted molar refractivity (Wildman–Crippen MR) is 92.7 cm³/mol. The Morgan fingerprint density at radius 1 is 1.12 bits per heavy atom. The van der Waals surface area contributed by atoms with Gasteiger partial charge in [-0.1, -0.05) is 28.1 Å². The van der Waals surface area contributed by atoms with E-state index in [1.54, 1.807) is 30.3 Å². The van der Waals surface area contributed by atoms with Crippen LogP contribution in [0.5, 0.6) is 11.5 Å². The molecule has 0 unspecified atom stereocenters. The van der Waals surface area contributed by atoms with E-state index < -0.39 is 0 Å². The summed E-state index contributed by atoms with van der Waals surface area (Å²) in [4.78, 5) is 24.5. The van der Waals surface area contributed by atoms with Gasteiger partial charge in [-0.3, -0.25) is 9.59 Å². The number of carbonyl (C=O) groups excluding carboxylic acids is 2. The van der Waals surface area contributed by atoms with Crippen LogP contribution in [0, 0.1) is 0 Å². The molecule has 2 aromatic carbocycles. The second-order valence-corrected chi connectivity index (χ2v) is 5.96. The highest BCUT2D eigenvalue weighted by atomic mass is 79.9. The summed E-state index contributed by atoms with van der Waals surface area (Å²) in [5.74, 6) is 0.221. The van der Waals surface area contributed by atoms with Crippen LogP contribution < -0.4 is 20.5 Å². The molecule has 1 amide bonds. The van der Waals surface area contributed by atoms with Crippen molar-refractivity contribution in [2.45, 2.75) is 0 Å². The molecule has 24 heavy (non-hydrogen) atoms. The molecule has 0 spiro atoms. The molecule has 0 saturated carbocycles. The number of rotatable bonds is 4. The zero-order valence-corrected chi connectivity index (χ0v) is 14.3. The van der Waals surface area contributed by atoms with E-state index in [4.69, 9.17) is 15.2 Å². The van der Waals surface area contributed by atoms with Crippen LogP contribution in [0.3, 0.4) is 0 Å². The molecular formula is C17H15BrN2O4. The van der Waals surface area contributed by atoms with E-state index in [-0.39, 0.29) is 18.2 Å². The van der Waals surface area contributed by atoms with Gasteiger partial charge in [0, 0.05) is 21.8 Å². The Labute approximate surface area is 147 Å². The Morgan fingerprint density at radius 2 is 1.88 bits per heavy atom. The molecule has 0 aliphatic carbocycles. The monoisotopic (exact) mass is 390 g/mol. The highest BCUT2D eigenvalue weighted by molar-refractivity contribution is 9.10. The first-order valence-corrected chi connectivity index (χ1v) is 8.12. The molecule has 7 heteroatoms. The van der Waals surface area contributed by atoms with Crippen molar-refractivity contribution in [3.63, 3.8) is 0 Å². The summed E-state index contributed by atoms with van der Waals surface area (Å²) in [6, 6.07) is 10.3. The van der Waals surface area contributed by atoms with Gasteiger partial charge >= 0.3 is 0 Å². The molecule has 0 aromatic heterocycles. The van der Waals surface area contributed by atoms with Gasteiger partial charge in [-0.15, -0.1) is 0 Å². The van der Waals surface area contributed by atoms with Crippen molar-refractivity contribution in [1.82, 2.24) is 0 Å². The van der Waals surface area contributed by atoms with Crippen molar-refractivity contribution in [2.75, 3.05) is 25.1 Å². The number of fused-ring (bicyclic) bond motifs is 1. The molecule has 3 rings (SSSR count). The van der Waals surface area contributed by atoms with Gasteiger partial charge in [0.1, 0.15) is 13.2 Å². The molecule has 0 atom stereocenters. The van der Waals surface area contributed by atoms with E-state index >= 15 is 0 Å². The van der Waals surface area contributed by atoms with Crippen molar-refractivity contribution in [3.8, 4) is 11.5 Å². The van der Waals surface area contributed by atoms with Gasteiger partial charge in [-0.2, -0.15) is 0 Å². The third kappa shape index (κ3) is 3.27. The van der Waals surface area contributed by atoms with Crippen molar-refractivity contribution in [2.24, 2.45) is 5.73 Å². The highest BCUT2D eigenvalue weighted by Gasteiger charge is 2.24. The molecule has 0 radical (unpaired) electrons. The number of halogens is 1. The second-order valence-electron chi connectivity index (χ2n) is 5.11. The average Bonchev–Trinajstić information content (AvgIpc) is 2.60. The third-order valence-electron chi connectivity index (χ3n) is 3.47. The molecule has 2 aromatic rings. The normalized spacial score (nSPS) is 12.6. The summed E-state index contributed by atoms with van der Waals surface area (Å²) in [7, 11) is 0. The van der Waals surface area contributed by atoms with Crippen molar-refractivity contribution in [3.05, 3.63) is 52.0 Å². The molecule has 0 fully saturated rings. The molecule has 124 valence electrons. The van der Waals surface area contributed by atoms with Crippen LogP contribution in [0.4, 0.5) is 5.69 Å². The maximum absolute atomic E-state index is 12.9. The maximum Gasteiger partial charge on any atom is 0.238 e. The number of nitrogens with one attached hydrogen (secondary N) is 1. The molecule has 0 bridgehead atoms. The van der Waals surface area contributed by atoms with Crippen LogP contribution in [0.15, 0.2) is 40.9 Å². The number of ketones is 1. The Bertz CT molecular complexity index is 807. The first-order valence-electron chi connectivity index (χ1n) is 7.33. The van der Waals surface area contributed by atoms with Crippen molar-refractivity contribution in [1.29, 1.82) is 0 Å². The van der Waals surface area contributed by atoms with Crippen LogP contribution >= 0.6 is 15.9 Å². The van der Waals surface area contributed by atoms with E-state index in [2.05, 4.69) is 21.2 Å². The van der Waals surface area contributed by atoms with Gasteiger partial charge in [-0.25, -0.2) is 0 Å². The SMILES string of the molecule is NCC(=O)Nc1cc2c(c(C(=O)c3ccccc3Br)c1)OCCO2. The number of amides is 1. The van der Waals surface area contributed by atoms with Crippen LogP contribution in [-0.4, -0.2) is 31.4 Å². The van der Waals surface area contributed by atoms with Gasteiger partial charge in [0.05, 0.1) is 12.1 Å². The fourth-order valence-corrected chi connectivity index (χ4v) is 2.86. The Morgan fingerprint density at radius 3 is 2.62 bits per heavy atom. The van der Waals surface area contributed by atoms with Gasteiger partial charge in [-0.05, 0) is 18.2 Å². The fourth-order valence-electron chi connectivity index (χ4n) is 2.40. The van der Waals surface area contributed by atoms with E-state index in [1.165, 1.54) is 0 Å². The van der Waals surface area contributed by atoms with Gasteiger partial charge in [0.25, 0.3) is 0 Å². The van der Waals surface area contributed by atoms with Crippen LogP contribution in [0.2, 0.25) is 0 Å². The number of benzene rings is 2. The molecule has 3 N–H and O–H groups in total. The van der Waals surface area contributed by atoms with E-state index in [0.29, 0.717) is 46.0 Å². The minimum Gasteiger partial charge on any atom is -0.486 e. The smallest absolute Gasteiger partial charge is 0.238 e. The lowest BCUT2D eigenvalue weighted by Crippen LogP contribution is -2.23. The largest absolute Gasteiger partial charge is 0.486 e. The number of nitrogens with two attached hydrogens (primary N) is 1. The standard InChI is InChI=1S/C17H15BrN2O4/c18-13-4-2-1-3-11(13)16(22)12-7-10(20-15(21)9-19)8-14-17(12)24-6-5-23-14/h1-4,7-8H,5-6,9,19H2,(H,20,21). The molecule has 6 nitrogen and oxygen atoms in total. The predicted octanol–water partition coefficient (Wildman–Crippen LogP) is 2.35. The summed E-state index contributed by atoms with van der Waals surface area (Å²) in [6.07, 6.45) is 0. The first-order chi connectivity index (χ1) is 11.6. The van der Waals surface area contributed by atoms with Crippen LogP contribution in [0.1, 0.15) is 15.9 Å². The van der Waals surface area contributed by atoms with Gasteiger partial charge in [0.15, 0.2) is 17.3 Å². The Balaban J connectivity index is 2.08. The number of anilines is 1. The van der Waals surface area contributed by atoms with Crippen LogP contribution in [0.25, 0.3) is 0 Å². The number of hydrogen-bond donors (Lipinski definition) is 2. The molecule has 1 aliphatic heterocycles. The molecular weight excluding hydrogens is 376 g/mol. The number of hydrogen-bond acceptors (Lipinski definition) is 5. The summed E-state index contributed by atoms with van der Waals surface area (Å²) in [5, 5.41) is 2.64. The quantitative estimate of drug-likeness (QED) is 0.781. The van der Waals surface area contributed by atoms with E-state index in [9.17, 15) is 9.59 Å². The summed E-state index contributed by atoms with van der Waals surface area (Å²) >= 11 is 3.38. The van der Waals surface area contributed by atoms with Crippen molar-refractivity contribution >= 4 is 33.3 Å². The summed E-state index contributed by atoms with van der Waals surface area (Å²) in [6.45, 7) is 0.587. The number of carbonyl (C=O) groups is 2. The molecule has 1 aliphatic rings. The zero-order valence-electron chi connectivity index (χ0n) is 12.7. The average molecular weight is 391 g/mol. The lowest BCUT2D eigenvalue weighted by Gasteiger charge is -2.22. The number of ether oxygens (including phenoxy) is 2. The zero-order chi connectivity index (χ0) is 17.1. The minimum atomic E-state index is -0.356. The second kappa shape index (κ2) is 7.02. The van der Waals surface area contributed by atoms with Gasteiger partial charge < -0.3 is 20.5 Å². The minimum absolute atomic E-state index is 0.151. The van der Waals surface area contributed by atoms with Gasteiger partial charge in [0.2, 0.25) is 5.91 Å². The fraction of sp³-hybridized carbons (Fsp3) is 0.176. The highest BCUT2D eigenvalue weighted by Crippen LogP contribution is 2.38. The summed E-state index contributed by atoms with van der Waals surface area (Å²) in [5.41, 5.74) is 6.58. The van der Waals surface area contributed by atoms with Crippen LogP contribution in [-0.2, 0) is 4.79 Å². The Hall–Kier alpha value is -2.38. The van der Waals surface area contributed by atoms with E-state index in [0.717, 1.165) is 0 Å². The summed E-state index contributed by atoms with van der Waals surface area (Å²) < 4.78 is 11.9. The lowest BCUT2D eigenvalue weighted by atomic mass is 10.0. The maximum atomic E-state index is 12.9. The third-order valence-corrected chi connectivity index (χ3v) is 4.17. The molecule has 1 heterocycles. The first kappa shape index (κ1) is 16.5. The molecule has 0 saturated heterocycles. The Kier molecular flexibility index (Phi) is 4.82. The van der Waals surface area contributed by atoms with Crippen molar-refractivity contribution < 1.29 is 19.1 Å². The van der Waals surface area contributed by atoms with E-state index in [1.807, 2.05) is 6.07 Å². The lowest BCUT2D eigenvalue weighted by molar-refractivity contribution is -0.114. The topological polar surface area (TPSA) is 90.7 Å².